The molecule has 0 aromatic carbocycles. The Morgan fingerprint density at radius 1 is 1.28 bits per heavy atom. The van der Waals surface area contributed by atoms with Gasteiger partial charge in [-0.25, -0.2) is 0 Å². The van der Waals surface area contributed by atoms with Crippen molar-refractivity contribution in [1.82, 2.24) is 10.2 Å². The first-order chi connectivity index (χ1) is 8.66. The highest BCUT2D eigenvalue weighted by atomic mass is 16.1. The second kappa shape index (κ2) is 6.55. The molecule has 0 unspecified atom stereocenters. The average Bonchev–Trinajstić information content (AvgIpc) is 2.89. The van der Waals surface area contributed by atoms with E-state index >= 15 is 0 Å². The highest BCUT2D eigenvalue weighted by Gasteiger charge is 2.24. The van der Waals surface area contributed by atoms with Crippen LogP contribution in [0, 0.1) is 11.8 Å². The Kier molecular flexibility index (Phi) is 5.04. The molecule has 3 nitrogen and oxygen atoms in total. The molecule has 1 saturated carbocycles. The topological polar surface area (TPSA) is 32.3 Å². The molecule has 1 heterocycles. The lowest BCUT2D eigenvalue weighted by Gasteiger charge is -2.35. The number of rotatable bonds is 4. The highest BCUT2D eigenvalue weighted by Crippen LogP contribution is 2.24. The van der Waals surface area contributed by atoms with Crippen molar-refractivity contribution in [2.45, 2.75) is 58.4 Å². The van der Waals surface area contributed by atoms with Gasteiger partial charge in [0.05, 0.1) is 0 Å². The van der Waals surface area contributed by atoms with Gasteiger partial charge >= 0.3 is 0 Å². The van der Waals surface area contributed by atoms with Crippen LogP contribution in [-0.2, 0) is 4.79 Å². The van der Waals surface area contributed by atoms with Crippen molar-refractivity contribution in [2.24, 2.45) is 11.8 Å². The van der Waals surface area contributed by atoms with Crippen LogP contribution in [0.5, 0.6) is 0 Å². The molecule has 18 heavy (non-hydrogen) atoms. The molecule has 2 aliphatic rings. The summed E-state index contributed by atoms with van der Waals surface area (Å²) in [6.45, 7) is 7.79. The second-order valence-corrected chi connectivity index (χ2v) is 6.32. The van der Waals surface area contributed by atoms with E-state index in [2.05, 4.69) is 24.1 Å². The summed E-state index contributed by atoms with van der Waals surface area (Å²) in [6.07, 6.45) is 7.33. The van der Waals surface area contributed by atoms with Crippen molar-refractivity contribution in [3.8, 4) is 0 Å². The third-order valence-corrected chi connectivity index (χ3v) is 4.61. The Labute approximate surface area is 111 Å². The van der Waals surface area contributed by atoms with Crippen LogP contribution in [0.1, 0.15) is 52.4 Å². The van der Waals surface area contributed by atoms with Crippen LogP contribution in [0.15, 0.2) is 0 Å². The molecule has 0 radical (unpaired) electrons. The van der Waals surface area contributed by atoms with E-state index < -0.39 is 0 Å². The van der Waals surface area contributed by atoms with Crippen LogP contribution in [0.2, 0.25) is 0 Å². The molecule has 2 atom stereocenters. The van der Waals surface area contributed by atoms with Crippen LogP contribution in [0.25, 0.3) is 0 Å². The SMILES string of the molecule is C[C@@H]1CCCN([C@H](C)CNC(=O)C2CCCC2)C1. The predicted molar refractivity (Wildman–Crippen MR) is 74.4 cm³/mol. The lowest BCUT2D eigenvalue weighted by Crippen LogP contribution is -2.47. The molecular weight excluding hydrogens is 224 g/mol. The van der Waals surface area contributed by atoms with Crippen LogP contribution >= 0.6 is 0 Å². The number of nitrogens with one attached hydrogen (secondary N) is 1. The summed E-state index contributed by atoms with van der Waals surface area (Å²) in [5, 5.41) is 3.16. The predicted octanol–water partition coefficient (Wildman–Crippen LogP) is 2.41. The first kappa shape index (κ1) is 13.9. The van der Waals surface area contributed by atoms with E-state index in [1.807, 2.05) is 0 Å². The Hall–Kier alpha value is -0.570. The number of hydrogen-bond donors (Lipinski definition) is 1. The van der Waals surface area contributed by atoms with Gasteiger partial charge in [-0.1, -0.05) is 19.8 Å². The van der Waals surface area contributed by atoms with Crippen molar-refractivity contribution in [3.05, 3.63) is 0 Å². The smallest absolute Gasteiger partial charge is 0.223 e. The normalized spacial score (nSPS) is 28.2. The van der Waals surface area contributed by atoms with Gasteiger partial charge in [-0.3, -0.25) is 9.69 Å². The minimum Gasteiger partial charge on any atom is -0.354 e. The Morgan fingerprint density at radius 3 is 2.67 bits per heavy atom. The minimum absolute atomic E-state index is 0.296. The van der Waals surface area contributed by atoms with Crippen molar-refractivity contribution in [2.75, 3.05) is 19.6 Å². The Bertz CT molecular complexity index is 274. The molecule has 0 aromatic rings. The van der Waals surface area contributed by atoms with E-state index in [0.717, 1.165) is 25.3 Å². The molecule has 2 fully saturated rings. The van der Waals surface area contributed by atoms with E-state index in [0.29, 0.717) is 17.9 Å². The molecule has 104 valence electrons. The first-order valence-corrected chi connectivity index (χ1v) is 7.68. The number of hydrogen-bond acceptors (Lipinski definition) is 2. The summed E-state index contributed by atoms with van der Waals surface area (Å²) in [5.74, 6) is 1.41. The van der Waals surface area contributed by atoms with Gasteiger partial charge < -0.3 is 5.32 Å². The van der Waals surface area contributed by atoms with E-state index in [9.17, 15) is 4.79 Å². The summed E-state index contributed by atoms with van der Waals surface area (Å²) in [5.41, 5.74) is 0. The summed E-state index contributed by atoms with van der Waals surface area (Å²) in [7, 11) is 0. The lowest BCUT2D eigenvalue weighted by molar-refractivity contribution is -0.125. The fraction of sp³-hybridized carbons (Fsp3) is 0.933. The molecule has 1 aliphatic heterocycles. The fourth-order valence-corrected chi connectivity index (χ4v) is 3.34. The van der Waals surface area contributed by atoms with Crippen molar-refractivity contribution < 1.29 is 4.79 Å². The van der Waals surface area contributed by atoms with Crippen molar-refractivity contribution in [3.63, 3.8) is 0 Å². The van der Waals surface area contributed by atoms with Gasteiger partial charge in [-0.15, -0.1) is 0 Å². The second-order valence-electron chi connectivity index (χ2n) is 6.32. The maximum Gasteiger partial charge on any atom is 0.223 e. The molecule has 0 spiro atoms. The van der Waals surface area contributed by atoms with Gasteiger partial charge in [-0.05, 0) is 45.1 Å². The zero-order chi connectivity index (χ0) is 13.0. The first-order valence-electron chi connectivity index (χ1n) is 7.68. The Morgan fingerprint density at radius 2 is 2.00 bits per heavy atom. The standard InChI is InChI=1S/C15H28N2O/c1-12-6-5-9-17(11-12)13(2)10-16-15(18)14-7-3-4-8-14/h12-14H,3-11H2,1-2H3,(H,16,18)/t12-,13-/m1/s1. The van der Waals surface area contributed by atoms with Crippen LogP contribution < -0.4 is 5.32 Å². The van der Waals surface area contributed by atoms with E-state index in [1.54, 1.807) is 0 Å². The summed E-state index contributed by atoms with van der Waals surface area (Å²) in [6, 6.07) is 0.484. The Balaban J connectivity index is 1.70. The van der Waals surface area contributed by atoms with Crippen LogP contribution in [0.3, 0.4) is 0 Å². The number of likely N-dealkylation sites (tertiary alicyclic amines) is 1. The zero-order valence-electron chi connectivity index (χ0n) is 12.0. The fourth-order valence-electron chi connectivity index (χ4n) is 3.34. The number of piperidine rings is 1. The number of carbonyl (C=O) groups is 1. The number of carbonyl (C=O) groups excluding carboxylic acids is 1. The quantitative estimate of drug-likeness (QED) is 0.833. The maximum absolute atomic E-state index is 12.0. The third-order valence-electron chi connectivity index (χ3n) is 4.61. The molecule has 2 rings (SSSR count). The van der Waals surface area contributed by atoms with Gasteiger partial charge in [0.2, 0.25) is 5.91 Å². The molecule has 3 heteroatoms. The number of nitrogens with zero attached hydrogens (tertiary/aromatic N) is 1. The van der Waals surface area contributed by atoms with Crippen molar-refractivity contribution >= 4 is 5.91 Å². The van der Waals surface area contributed by atoms with Gasteiger partial charge in [0.1, 0.15) is 0 Å². The lowest BCUT2D eigenvalue weighted by atomic mass is 9.99. The highest BCUT2D eigenvalue weighted by molar-refractivity contribution is 5.78. The van der Waals surface area contributed by atoms with Crippen molar-refractivity contribution in [1.29, 1.82) is 0 Å². The van der Waals surface area contributed by atoms with Gasteiger partial charge in [0.15, 0.2) is 0 Å². The molecule has 1 aliphatic carbocycles. The molecule has 1 amide bonds. The maximum atomic E-state index is 12.0. The van der Waals surface area contributed by atoms with Gasteiger partial charge in [0, 0.05) is 25.0 Å². The summed E-state index contributed by atoms with van der Waals surface area (Å²) >= 11 is 0. The van der Waals surface area contributed by atoms with Gasteiger partial charge in [0.25, 0.3) is 0 Å². The molecule has 1 saturated heterocycles. The molecule has 0 aromatic heterocycles. The average molecular weight is 252 g/mol. The molecular formula is C15H28N2O. The molecule has 1 N–H and O–H groups in total. The number of amides is 1. The molecule has 0 bridgehead atoms. The third kappa shape index (κ3) is 3.71. The zero-order valence-corrected chi connectivity index (χ0v) is 12.0. The minimum atomic E-state index is 0.296. The van der Waals surface area contributed by atoms with E-state index in [4.69, 9.17) is 0 Å². The van der Waals surface area contributed by atoms with Crippen LogP contribution in [-0.4, -0.2) is 36.5 Å². The van der Waals surface area contributed by atoms with Gasteiger partial charge in [-0.2, -0.15) is 0 Å². The largest absolute Gasteiger partial charge is 0.354 e. The van der Waals surface area contributed by atoms with E-state index in [-0.39, 0.29) is 0 Å². The van der Waals surface area contributed by atoms with Crippen LogP contribution in [0.4, 0.5) is 0 Å². The summed E-state index contributed by atoms with van der Waals surface area (Å²) < 4.78 is 0. The van der Waals surface area contributed by atoms with E-state index in [1.165, 1.54) is 38.8 Å². The summed E-state index contributed by atoms with van der Waals surface area (Å²) in [4.78, 5) is 14.5. The monoisotopic (exact) mass is 252 g/mol.